The van der Waals surface area contributed by atoms with Gasteiger partial charge < -0.3 is 5.11 Å². The molecular weight excluding hydrogens is 299 g/mol. The summed E-state index contributed by atoms with van der Waals surface area (Å²) in [6.45, 7) is 0. The summed E-state index contributed by atoms with van der Waals surface area (Å²) < 4.78 is 0. The molecule has 20 heavy (non-hydrogen) atoms. The minimum atomic E-state index is -0.389. The largest absolute Gasteiger partial charge is 0.508 e. The van der Waals surface area contributed by atoms with Gasteiger partial charge in [0.25, 0.3) is 5.91 Å². The Labute approximate surface area is 125 Å². The van der Waals surface area contributed by atoms with Crippen molar-refractivity contribution in [3.05, 3.63) is 63.6 Å². The SMILES string of the molecule is O=C(N/N=C\c1cccc(Cl)c1Cl)c1ccc(O)cc1. The standard InChI is InChI=1S/C14H10Cl2N2O2/c15-12-3-1-2-10(13(12)16)8-17-18-14(20)9-4-6-11(19)7-5-9/h1-8,19H,(H,18,20)/b17-8-. The second-order valence-electron chi connectivity index (χ2n) is 3.89. The quantitative estimate of drug-likeness (QED) is 0.674. The molecule has 0 saturated heterocycles. The zero-order valence-electron chi connectivity index (χ0n) is 10.2. The zero-order valence-corrected chi connectivity index (χ0v) is 11.7. The van der Waals surface area contributed by atoms with Crippen LogP contribution >= 0.6 is 23.2 Å². The number of benzene rings is 2. The molecule has 0 unspecified atom stereocenters. The maximum atomic E-state index is 11.7. The minimum absolute atomic E-state index is 0.0933. The van der Waals surface area contributed by atoms with Gasteiger partial charge in [-0.1, -0.05) is 35.3 Å². The monoisotopic (exact) mass is 308 g/mol. The van der Waals surface area contributed by atoms with Gasteiger partial charge in [0.2, 0.25) is 0 Å². The third-order valence-corrected chi connectivity index (χ3v) is 3.31. The molecule has 0 saturated carbocycles. The van der Waals surface area contributed by atoms with E-state index in [0.29, 0.717) is 21.2 Å². The molecule has 2 aromatic rings. The molecule has 0 bridgehead atoms. The highest BCUT2D eigenvalue weighted by atomic mass is 35.5. The van der Waals surface area contributed by atoms with E-state index in [1.807, 2.05) is 0 Å². The molecule has 4 nitrogen and oxygen atoms in total. The van der Waals surface area contributed by atoms with E-state index in [9.17, 15) is 4.79 Å². The number of hydrogen-bond acceptors (Lipinski definition) is 3. The van der Waals surface area contributed by atoms with Gasteiger partial charge in [0.15, 0.2) is 0 Å². The molecule has 2 N–H and O–H groups in total. The third kappa shape index (κ3) is 3.50. The Balaban J connectivity index is 2.04. The fourth-order valence-electron chi connectivity index (χ4n) is 1.46. The molecule has 102 valence electrons. The van der Waals surface area contributed by atoms with Gasteiger partial charge in [-0.2, -0.15) is 5.10 Å². The van der Waals surface area contributed by atoms with Crippen LogP contribution in [-0.4, -0.2) is 17.2 Å². The van der Waals surface area contributed by atoms with E-state index in [4.69, 9.17) is 28.3 Å². The van der Waals surface area contributed by atoms with Crippen LogP contribution in [0.5, 0.6) is 5.75 Å². The van der Waals surface area contributed by atoms with Crippen molar-refractivity contribution >= 4 is 35.3 Å². The van der Waals surface area contributed by atoms with Crippen LogP contribution in [0.25, 0.3) is 0 Å². The summed E-state index contributed by atoms with van der Waals surface area (Å²) in [7, 11) is 0. The summed E-state index contributed by atoms with van der Waals surface area (Å²) in [6.07, 6.45) is 1.41. The molecule has 0 heterocycles. The fraction of sp³-hybridized carbons (Fsp3) is 0. The van der Waals surface area contributed by atoms with E-state index in [2.05, 4.69) is 10.5 Å². The Hall–Kier alpha value is -2.04. The highest BCUT2D eigenvalue weighted by molar-refractivity contribution is 6.43. The van der Waals surface area contributed by atoms with Crippen LogP contribution < -0.4 is 5.43 Å². The first-order valence-corrected chi connectivity index (χ1v) is 6.40. The van der Waals surface area contributed by atoms with Gasteiger partial charge in [-0.15, -0.1) is 0 Å². The lowest BCUT2D eigenvalue weighted by molar-refractivity contribution is 0.0955. The van der Waals surface area contributed by atoms with E-state index >= 15 is 0 Å². The normalized spacial score (nSPS) is 10.7. The summed E-state index contributed by atoms with van der Waals surface area (Å²) in [5, 5.41) is 13.7. The molecule has 2 rings (SSSR count). The number of amides is 1. The summed E-state index contributed by atoms with van der Waals surface area (Å²) in [5.74, 6) is -0.296. The number of nitrogens with zero attached hydrogens (tertiary/aromatic N) is 1. The molecule has 0 spiro atoms. The van der Waals surface area contributed by atoms with Gasteiger partial charge in [0.1, 0.15) is 5.75 Å². The van der Waals surface area contributed by atoms with E-state index in [1.54, 1.807) is 18.2 Å². The number of rotatable bonds is 3. The van der Waals surface area contributed by atoms with Gasteiger partial charge in [0, 0.05) is 11.1 Å². The molecule has 1 amide bonds. The molecule has 0 radical (unpaired) electrons. The third-order valence-electron chi connectivity index (χ3n) is 2.48. The van der Waals surface area contributed by atoms with Crippen LogP contribution in [0.1, 0.15) is 15.9 Å². The number of aromatic hydroxyl groups is 1. The summed E-state index contributed by atoms with van der Waals surface area (Å²) in [5.41, 5.74) is 3.35. The Morgan fingerprint density at radius 1 is 1.15 bits per heavy atom. The lowest BCUT2D eigenvalue weighted by Crippen LogP contribution is -2.17. The number of nitrogens with one attached hydrogen (secondary N) is 1. The number of phenols is 1. The van der Waals surface area contributed by atoms with Crippen LogP contribution in [0.3, 0.4) is 0 Å². The maximum absolute atomic E-state index is 11.7. The summed E-state index contributed by atoms with van der Waals surface area (Å²) >= 11 is 11.8. The predicted molar refractivity (Wildman–Crippen MR) is 79.6 cm³/mol. The number of hydrogen-bond donors (Lipinski definition) is 2. The van der Waals surface area contributed by atoms with Gasteiger partial charge in [-0.25, -0.2) is 5.43 Å². The van der Waals surface area contributed by atoms with Crippen LogP contribution in [-0.2, 0) is 0 Å². The Morgan fingerprint density at radius 3 is 2.55 bits per heavy atom. The first-order chi connectivity index (χ1) is 9.58. The topological polar surface area (TPSA) is 61.7 Å². The number of carbonyl (C=O) groups is 1. The van der Waals surface area contributed by atoms with Crippen LogP contribution in [0.4, 0.5) is 0 Å². The van der Waals surface area contributed by atoms with Crippen LogP contribution in [0.2, 0.25) is 10.0 Å². The lowest BCUT2D eigenvalue weighted by Gasteiger charge is -2.01. The van der Waals surface area contributed by atoms with Crippen molar-refractivity contribution in [2.75, 3.05) is 0 Å². The van der Waals surface area contributed by atoms with Crippen LogP contribution in [0.15, 0.2) is 47.6 Å². The Morgan fingerprint density at radius 2 is 1.85 bits per heavy atom. The van der Waals surface area contributed by atoms with Crippen molar-refractivity contribution in [1.82, 2.24) is 5.43 Å². The molecule has 2 aromatic carbocycles. The van der Waals surface area contributed by atoms with Crippen molar-refractivity contribution in [2.45, 2.75) is 0 Å². The number of hydrazone groups is 1. The molecule has 0 aliphatic heterocycles. The highest BCUT2D eigenvalue weighted by Crippen LogP contribution is 2.24. The first-order valence-electron chi connectivity index (χ1n) is 5.64. The number of halogens is 2. The van der Waals surface area contributed by atoms with Crippen molar-refractivity contribution in [3.63, 3.8) is 0 Å². The number of carbonyl (C=O) groups excluding carboxylic acids is 1. The second kappa shape index (κ2) is 6.41. The summed E-state index contributed by atoms with van der Waals surface area (Å²) in [4.78, 5) is 11.7. The van der Waals surface area contributed by atoms with E-state index < -0.39 is 0 Å². The van der Waals surface area contributed by atoms with Crippen molar-refractivity contribution in [3.8, 4) is 5.75 Å². The first kappa shape index (κ1) is 14.4. The summed E-state index contributed by atoms with van der Waals surface area (Å²) in [6, 6.07) is 11.0. The molecule has 6 heteroatoms. The average molecular weight is 309 g/mol. The van der Waals surface area contributed by atoms with Crippen LogP contribution in [0, 0.1) is 0 Å². The highest BCUT2D eigenvalue weighted by Gasteiger charge is 2.04. The van der Waals surface area contributed by atoms with Crippen molar-refractivity contribution in [1.29, 1.82) is 0 Å². The molecule has 0 fully saturated rings. The van der Waals surface area contributed by atoms with Gasteiger partial charge in [-0.05, 0) is 30.3 Å². The average Bonchev–Trinajstić information content (AvgIpc) is 2.44. The second-order valence-corrected chi connectivity index (χ2v) is 4.67. The fourth-order valence-corrected chi connectivity index (χ4v) is 1.81. The smallest absolute Gasteiger partial charge is 0.271 e. The Bertz CT molecular complexity index is 655. The molecule has 0 aliphatic rings. The van der Waals surface area contributed by atoms with Gasteiger partial charge in [-0.3, -0.25) is 4.79 Å². The molecule has 0 aliphatic carbocycles. The van der Waals surface area contributed by atoms with E-state index in [0.717, 1.165) is 0 Å². The zero-order chi connectivity index (χ0) is 14.5. The minimum Gasteiger partial charge on any atom is -0.508 e. The number of phenolic OH excluding ortho intramolecular Hbond substituents is 1. The molecular formula is C14H10Cl2N2O2. The Kier molecular flexibility index (Phi) is 4.61. The maximum Gasteiger partial charge on any atom is 0.271 e. The lowest BCUT2D eigenvalue weighted by atomic mass is 10.2. The molecule has 0 aromatic heterocycles. The van der Waals surface area contributed by atoms with E-state index in [1.165, 1.54) is 30.5 Å². The predicted octanol–water partition coefficient (Wildman–Crippen LogP) is 3.46. The van der Waals surface area contributed by atoms with Gasteiger partial charge in [0.05, 0.1) is 16.3 Å². The van der Waals surface area contributed by atoms with Crippen molar-refractivity contribution < 1.29 is 9.90 Å². The van der Waals surface area contributed by atoms with Crippen molar-refractivity contribution in [2.24, 2.45) is 5.10 Å². The van der Waals surface area contributed by atoms with E-state index in [-0.39, 0.29) is 11.7 Å². The van der Waals surface area contributed by atoms with Gasteiger partial charge >= 0.3 is 0 Å². The molecule has 0 atom stereocenters.